The van der Waals surface area contributed by atoms with Crippen LogP contribution in [0, 0.1) is 0 Å². The lowest BCUT2D eigenvalue weighted by Gasteiger charge is -2.35. The smallest absolute Gasteiger partial charge is 0.0334 e. The number of rotatable bonds is 3. The lowest BCUT2D eigenvalue weighted by molar-refractivity contribution is 0.282. The van der Waals surface area contributed by atoms with Gasteiger partial charge in [0.1, 0.15) is 0 Å². The minimum atomic E-state index is 0.413. The Morgan fingerprint density at radius 1 is 0.917 bits per heavy atom. The second-order valence-electron chi connectivity index (χ2n) is 7.90. The fourth-order valence-electron chi connectivity index (χ4n) is 5.13. The van der Waals surface area contributed by atoms with Gasteiger partial charge in [-0.05, 0) is 60.9 Å². The summed E-state index contributed by atoms with van der Waals surface area (Å²) in [7, 11) is 0. The molecule has 2 aliphatic carbocycles. The van der Waals surface area contributed by atoms with E-state index in [1.165, 1.54) is 31.2 Å². The van der Waals surface area contributed by atoms with Gasteiger partial charge in [-0.3, -0.25) is 0 Å². The SMILES string of the molecule is c1ccc([C@@H]2C[C@H]2NC2CC3(CCNCC3)c3ccccc32)cc1. The van der Waals surface area contributed by atoms with E-state index in [0.29, 0.717) is 23.4 Å². The molecule has 3 aliphatic rings. The van der Waals surface area contributed by atoms with Crippen LogP contribution in [-0.4, -0.2) is 19.1 Å². The zero-order valence-electron chi connectivity index (χ0n) is 14.2. The predicted molar refractivity (Wildman–Crippen MR) is 98.3 cm³/mol. The number of piperidine rings is 1. The third-order valence-corrected chi connectivity index (χ3v) is 6.50. The normalized spacial score (nSPS) is 30.2. The molecule has 0 amide bonds. The summed E-state index contributed by atoms with van der Waals surface area (Å²) in [6.45, 7) is 2.33. The number of benzene rings is 2. The molecule has 2 N–H and O–H groups in total. The summed E-state index contributed by atoms with van der Waals surface area (Å²) in [4.78, 5) is 0. The standard InChI is InChI=1S/C22H26N2/c1-2-6-16(7-3-1)18-14-20(18)24-21-15-22(10-12-23-13-11-22)19-9-5-4-8-17(19)21/h1-9,18,20-21,23-24H,10-15H2/t18-,20+,21?/m0/s1. The maximum Gasteiger partial charge on any atom is 0.0334 e. The van der Waals surface area contributed by atoms with Gasteiger partial charge in [0.05, 0.1) is 0 Å². The monoisotopic (exact) mass is 318 g/mol. The second-order valence-corrected chi connectivity index (χ2v) is 7.90. The van der Waals surface area contributed by atoms with Gasteiger partial charge in [-0.2, -0.15) is 0 Å². The average Bonchev–Trinajstić information content (AvgIpc) is 3.36. The molecule has 24 heavy (non-hydrogen) atoms. The molecule has 124 valence electrons. The van der Waals surface area contributed by atoms with Crippen molar-refractivity contribution < 1.29 is 0 Å². The van der Waals surface area contributed by atoms with Gasteiger partial charge in [0.15, 0.2) is 0 Å². The fourth-order valence-corrected chi connectivity index (χ4v) is 5.13. The van der Waals surface area contributed by atoms with E-state index in [1.807, 2.05) is 0 Å². The molecular formula is C22H26N2. The minimum absolute atomic E-state index is 0.413. The summed E-state index contributed by atoms with van der Waals surface area (Å²) in [6.07, 6.45) is 5.15. The van der Waals surface area contributed by atoms with Crippen molar-refractivity contribution in [2.75, 3.05) is 13.1 Å². The Balaban J connectivity index is 1.36. The van der Waals surface area contributed by atoms with Gasteiger partial charge in [-0.25, -0.2) is 0 Å². The van der Waals surface area contributed by atoms with Gasteiger partial charge in [0.2, 0.25) is 0 Å². The van der Waals surface area contributed by atoms with Gasteiger partial charge < -0.3 is 10.6 Å². The summed E-state index contributed by atoms with van der Waals surface area (Å²) in [5.41, 5.74) is 5.10. The summed E-state index contributed by atoms with van der Waals surface area (Å²) in [5.74, 6) is 0.711. The lowest BCUT2D eigenvalue weighted by atomic mass is 9.74. The molecule has 0 radical (unpaired) electrons. The molecule has 2 heteroatoms. The second kappa shape index (κ2) is 5.72. The summed E-state index contributed by atoms with van der Waals surface area (Å²) in [5, 5.41) is 7.55. The molecule has 2 aromatic carbocycles. The van der Waals surface area contributed by atoms with Gasteiger partial charge >= 0.3 is 0 Å². The summed E-state index contributed by atoms with van der Waals surface area (Å²) >= 11 is 0. The molecule has 1 unspecified atom stereocenters. The van der Waals surface area contributed by atoms with Crippen molar-refractivity contribution in [3.8, 4) is 0 Å². The predicted octanol–water partition coefficient (Wildman–Crippen LogP) is 3.90. The Labute approximate surface area is 144 Å². The maximum atomic E-state index is 4.01. The molecule has 5 rings (SSSR count). The number of fused-ring (bicyclic) bond motifs is 2. The third kappa shape index (κ3) is 2.40. The van der Waals surface area contributed by atoms with Crippen LogP contribution in [0.25, 0.3) is 0 Å². The van der Waals surface area contributed by atoms with Crippen molar-refractivity contribution in [2.45, 2.75) is 49.1 Å². The zero-order valence-corrected chi connectivity index (χ0v) is 14.2. The summed E-state index contributed by atoms with van der Waals surface area (Å²) < 4.78 is 0. The Kier molecular flexibility index (Phi) is 3.50. The lowest BCUT2D eigenvalue weighted by Crippen LogP contribution is -2.39. The van der Waals surface area contributed by atoms with Gasteiger partial charge in [0, 0.05) is 18.0 Å². The molecular weight excluding hydrogens is 292 g/mol. The highest BCUT2D eigenvalue weighted by molar-refractivity contribution is 5.43. The first-order valence-electron chi connectivity index (χ1n) is 9.47. The Morgan fingerprint density at radius 3 is 2.50 bits per heavy atom. The van der Waals surface area contributed by atoms with Gasteiger partial charge in [0.25, 0.3) is 0 Å². The van der Waals surface area contributed by atoms with Crippen LogP contribution in [0.2, 0.25) is 0 Å². The average molecular weight is 318 g/mol. The van der Waals surface area contributed by atoms with Crippen LogP contribution in [0.4, 0.5) is 0 Å². The van der Waals surface area contributed by atoms with Crippen LogP contribution in [0.15, 0.2) is 54.6 Å². The molecule has 1 heterocycles. The molecule has 1 saturated carbocycles. The largest absolute Gasteiger partial charge is 0.317 e. The highest BCUT2D eigenvalue weighted by Gasteiger charge is 2.47. The van der Waals surface area contributed by atoms with Crippen molar-refractivity contribution in [2.24, 2.45) is 0 Å². The van der Waals surface area contributed by atoms with E-state index in [4.69, 9.17) is 0 Å². The highest BCUT2D eigenvalue weighted by Crippen LogP contribution is 2.51. The van der Waals surface area contributed by atoms with Crippen LogP contribution in [0.3, 0.4) is 0 Å². The molecule has 2 nitrogen and oxygen atoms in total. The van der Waals surface area contributed by atoms with E-state index in [2.05, 4.69) is 65.2 Å². The van der Waals surface area contributed by atoms with Crippen molar-refractivity contribution >= 4 is 0 Å². The van der Waals surface area contributed by atoms with Gasteiger partial charge in [-0.15, -0.1) is 0 Å². The van der Waals surface area contributed by atoms with Crippen molar-refractivity contribution in [1.82, 2.24) is 10.6 Å². The highest BCUT2D eigenvalue weighted by atomic mass is 15.0. The topological polar surface area (TPSA) is 24.1 Å². The Hall–Kier alpha value is -1.64. The molecule has 2 fully saturated rings. The third-order valence-electron chi connectivity index (χ3n) is 6.50. The first-order chi connectivity index (χ1) is 11.9. The number of nitrogens with one attached hydrogen (secondary N) is 2. The van der Waals surface area contributed by atoms with Crippen LogP contribution < -0.4 is 10.6 Å². The first kappa shape index (κ1) is 14.7. The van der Waals surface area contributed by atoms with Crippen LogP contribution >= 0.6 is 0 Å². The van der Waals surface area contributed by atoms with Gasteiger partial charge in [-0.1, -0.05) is 54.6 Å². The van der Waals surface area contributed by atoms with E-state index in [9.17, 15) is 0 Å². The van der Waals surface area contributed by atoms with Crippen LogP contribution in [0.5, 0.6) is 0 Å². The van der Waals surface area contributed by atoms with E-state index in [1.54, 1.807) is 11.1 Å². The van der Waals surface area contributed by atoms with Crippen molar-refractivity contribution in [1.29, 1.82) is 0 Å². The summed E-state index contributed by atoms with van der Waals surface area (Å²) in [6, 6.07) is 21.4. The first-order valence-corrected chi connectivity index (χ1v) is 9.47. The molecule has 1 saturated heterocycles. The van der Waals surface area contributed by atoms with E-state index in [-0.39, 0.29) is 0 Å². The molecule has 3 atom stereocenters. The maximum absolute atomic E-state index is 4.01. The molecule has 0 bridgehead atoms. The van der Waals surface area contributed by atoms with Crippen molar-refractivity contribution in [3.63, 3.8) is 0 Å². The fraction of sp³-hybridized carbons (Fsp3) is 0.455. The Morgan fingerprint density at radius 2 is 1.67 bits per heavy atom. The van der Waals surface area contributed by atoms with Crippen molar-refractivity contribution in [3.05, 3.63) is 71.3 Å². The molecule has 2 aromatic rings. The Bertz CT molecular complexity index is 718. The quantitative estimate of drug-likeness (QED) is 0.897. The number of hydrogen-bond donors (Lipinski definition) is 2. The minimum Gasteiger partial charge on any atom is -0.317 e. The van der Waals surface area contributed by atoms with E-state index >= 15 is 0 Å². The van der Waals surface area contributed by atoms with E-state index < -0.39 is 0 Å². The zero-order chi connectivity index (χ0) is 16.0. The molecule has 0 aromatic heterocycles. The molecule has 1 aliphatic heterocycles. The van der Waals surface area contributed by atoms with Crippen LogP contribution in [-0.2, 0) is 5.41 Å². The number of hydrogen-bond acceptors (Lipinski definition) is 2. The van der Waals surface area contributed by atoms with E-state index in [0.717, 1.165) is 13.1 Å². The van der Waals surface area contributed by atoms with Crippen LogP contribution in [0.1, 0.15) is 54.3 Å². The molecule has 1 spiro atoms.